The van der Waals surface area contributed by atoms with E-state index < -0.39 is 0 Å². The van der Waals surface area contributed by atoms with Crippen LogP contribution in [-0.2, 0) is 11.4 Å². The predicted octanol–water partition coefficient (Wildman–Crippen LogP) is 5.83. The molecule has 174 valence electrons. The average Bonchev–Trinajstić information content (AvgIpc) is 3.16. The minimum absolute atomic E-state index is 0.0637. The Morgan fingerprint density at radius 3 is 2.70 bits per heavy atom. The fourth-order valence-corrected chi connectivity index (χ4v) is 6.48. The quantitative estimate of drug-likeness (QED) is 0.429. The lowest BCUT2D eigenvalue weighted by atomic mass is 9.56. The lowest BCUT2D eigenvalue weighted by Gasteiger charge is -2.48. The van der Waals surface area contributed by atoms with Gasteiger partial charge in [-0.1, -0.05) is 48.0 Å². The average molecular weight is 449 g/mol. The molecule has 0 bridgehead atoms. The fourth-order valence-electron chi connectivity index (χ4n) is 6.48. The Hall–Kier alpha value is -2.86. The number of nitrogens with one attached hydrogen (secondary N) is 1. The number of nitroso groups, excluding NO2 is 1. The first-order valence-corrected chi connectivity index (χ1v) is 11.8. The largest absolute Gasteiger partial charge is 0.504 e. The topological polar surface area (TPSA) is 80.2 Å². The van der Waals surface area contributed by atoms with E-state index in [0.717, 1.165) is 42.5 Å². The van der Waals surface area contributed by atoms with Crippen molar-refractivity contribution in [3.8, 4) is 11.5 Å². The van der Waals surface area contributed by atoms with Crippen molar-refractivity contribution in [1.82, 2.24) is 5.48 Å². The molecule has 6 nitrogen and oxygen atoms in total. The van der Waals surface area contributed by atoms with Gasteiger partial charge in [-0.05, 0) is 79.0 Å². The van der Waals surface area contributed by atoms with Crippen LogP contribution in [0.4, 0.5) is 0 Å². The van der Waals surface area contributed by atoms with E-state index in [4.69, 9.17) is 9.57 Å². The molecule has 0 heterocycles. The van der Waals surface area contributed by atoms with Crippen molar-refractivity contribution >= 4 is 5.70 Å². The van der Waals surface area contributed by atoms with Gasteiger partial charge in [-0.3, -0.25) is 10.3 Å². The number of hydrogen-bond acceptors (Lipinski definition) is 6. The molecule has 3 aliphatic rings. The molecule has 3 aliphatic carbocycles. The molecular formula is C27H32N2O4. The van der Waals surface area contributed by atoms with E-state index in [1.807, 2.05) is 6.07 Å². The molecule has 2 saturated carbocycles. The minimum Gasteiger partial charge on any atom is -0.504 e. The molecule has 2 aromatic rings. The monoisotopic (exact) mass is 448 g/mol. The number of rotatable bonds is 6. The molecule has 5 rings (SSSR count). The number of phenols is 1. The summed E-state index contributed by atoms with van der Waals surface area (Å²) in [6.45, 7) is 4.74. The number of benzene rings is 2. The van der Waals surface area contributed by atoms with Crippen LogP contribution in [-0.4, -0.2) is 18.3 Å². The van der Waals surface area contributed by atoms with Crippen LogP contribution in [0.1, 0.15) is 60.8 Å². The van der Waals surface area contributed by atoms with E-state index in [0.29, 0.717) is 24.2 Å². The van der Waals surface area contributed by atoms with Gasteiger partial charge in [0.05, 0.1) is 25.5 Å². The molecule has 33 heavy (non-hydrogen) atoms. The van der Waals surface area contributed by atoms with Crippen LogP contribution >= 0.6 is 0 Å². The number of allylic oxidation sites excluding steroid dienone is 1. The zero-order valence-electron chi connectivity index (χ0n) is 19.5. The Labute approximate surface area is 194 Å². The van der Waals surface area contributed by atoms with Gasteiger partial charge >= 0.3 is 0 Å². The Bertz CT molecular complexity index is 1080. The molecule has 6 heteroatoms. The van der Waals surface area contributed by atoms with Gasteiger partial charge in [0.1, 0.15) is 0 Å². The lowest BCUT2D eigenvalue weighted by molar-refractivity contribution is 0.0591. The van der Waals surface area contributed by atoms with Crippen molar-refractivity contribution in [1.29, 1.82) is 0 Å². The minimum atomic E-state index is -0.109. The number of phenolic OH excluding ortho intramolecular Hbond substituents is 1. The van der Waals surface area contributed by atoms with E-state index in [1.54, 1.807) is 13.2 Å². The van der Waals surface area contributed by atoms with Crippen LogP contribution in [0.3, 0.4) is 0 Å². The summed E-state index contributed by atoms with van der Waals surface area (Å²) in [7, 11) is 1.58. The number of aromatic hydroxyl groups is 1. The van der Waals surface area contributed by atoms with Crippen molar-refractivity contribution in [2.75, 3.05) is 7.11 Å². The van der Waals surface area contributed by atoms with Crippen molar-refractivity contribution in [2.45, 2.75) is 58.1 Å². The zero-order valence-corrected chi connectivity index (χ0v) is 19.5. The number of aryl methyl sites for hydroxylation is 1. The van der Waals surface area contributed by atoms with Gasteiger partial charge in [0, 0.05) is 5.56 Å². The molecule has 2 fully saturated rings. The summed E-state index contributed by atoms with van der Waals surface area (Å²) in [6.07, 6.45) is 6.10. The molecule has 0 aromatic heterocycles. The number of ether oxygens (including phenoxy) is 1. The highest BCUT2D eigenvalue weighted by Crippen LogP contribution is 2.61. The highest BCUT2D eigenvalue weighted by atomic mass is 16.6. The van der Waals surface area contributed by atoms with Gasteiger partial charge in [0.2, 0.25) is 0 Å². The maximum atomic E-state index is 11.6. The van der Waals surface area contributed by atoms with Crippen LogP contribution in [0.15, 0.2) is 47.7 Å². The van der Waals surface area contributed by atoms with E-state index in [1.165, 1.54) is 11.1 Å². The molecule has 0 radical (unpaired) electrons. The number of fused-ring (bicyclic) bond motifs is 5. The lowest BCUT2D eigenvalue weighted by Crippen LogP contribution is -2.42. The maximum Gasteiger partial charge on any atom is 0.160 e. The summed E-state index contributed by atoms with van der Waals surface area (Å²) in [6, 6.07) is 11.9. The van der Waals surface area contributed by atoms with Gasteiger partial charge < -0.3 is 9.84 Å². The molecule has 1 unspecified atom stereocenters. The number of methoxy groups -OCH3 is 1. The molecule has 0 aliphatic heterocycles. The van der Waals surface area contributed by atoms with Crippen LogP contribution in [0, 0.1) is 29.1 Å². The second-order valence-electron chi connectivity index (χ2n) is 10.1. The normalized spacial score (nSPS) is 30.0. The maximum absolute atomic E-state index is 11.6. The smallest absolute Gasteiger partial charge is 0.160 e. The molecule has 0 amide bonds. The predicted molar refractivity (Wildman–Crippen MR) is 128 cm³/mol. The number of hydroxylamine groups is 1. The Morgan fingerprint density at radius 1 is 1.18 bits per heavy atom. The summed E-state index contributed by atoms with van der Waals surface area (Å²) < 4.78 is 5.44. The first-order valence-electron chi connectivity index (χ1n) is 11.8. The van der Waals surface area contributed by atoms with Gasteiger partial charge in [-0.2, -0.15) is 4.91 Å². The molecule has 2 N–H and O–H groups in total. The van der Waals surface area contributed by atoms with Crippen LogP contribution in [0.25, 0.3) is 5.70 Å². The Morgan fingerprint density at radius 2 is 1.97 bits per heavy atom. The first kappa shape index (κ1) is 22.0. The molecule has 2 aromatic carbocycles. The summed E-state index contributed by atoms with van der Waals surface area (Å²) in [4.78, 5) is 17.5. The summed E-state index contributed by atoms with van der Waals surface area (Å²) in [5.74, 6) is 1.60. The summed E-state index contributed by atoms with van der Waals surface area (Å²) in [5.41, 5.74) is 8.40. The number of nitrogens with zero attached hydrogens (tertiary/aromatic N) is 1. The van der Waals surface area contributed by atoms with Crippen LogP contribution in [0.2, 0.25) is 0 Å². The zero-order chi connectivity index (χ0) is 23.2. The van der Waals surface area contributed by atoms with Gasteiger partial charge in [-0.25, -0.2) is 0 Å². The third-order valence-corrected chi connectivity index (χ3v) is 8.35. The van der Waals surface area contributed by atoms with E-state index in [2.05, 4.69) is 54.8 Å². The van der Waals surface area contributed by atoms with Gasteiger partial charge in [-0.15, -0.1) is 0 Å². The standard InChI is InChI=1S/C27H32N2O4/c1-16-4-6-17(7-5-16)15-33-29-23-12-20-18(19-14-25(32-3)24(30)13-21(19)23)10-11-27(2)22(20)8-9-26(27)28-31/h4-7,12-14,18,20,22,26,29-30H,8-11,15H2,1-3H3/t18-,20-,22+,26?,27+/m1/s1. The van der Waals surface area contributed by atoms with Gasteiger partial charge in [0.25, 0.3) is 0 Å². The second-order valence-corrected chi connectivity index (χ2v) is 10.1. The summed E-state index contributed by atoms with van der Waals surface area (Å²) >= 11 is 0. The van der Waals surface area contributed by atoms with E-state index >= 15 is 0 Å². The van der Waals surface area contributed by atoms with Gasteiger partial charge in [0.15, 0.2) is 11.5 Å². The van der Waals surface area contributed by atoms with Crippen molar-refractivity contribution in [3.63, 3.8) is 0 Å². The molecule has 0 saturated heterocycles. The molecule has 0 spiro atoms. The number of hydrogen-bond donors (Lipinski definition) is 2. The summed E-state index contributed by atoms with van der Waals surface area (Å²) in [5, 5.41) is 14.0. The van der Waals surface area contributed by atoms with Crippen molar-refractivity contribution in [3.05, 3.63) is 69.6 Å². The Kier molecular flexibility index (Phi) is 5.65. The highest BCUT2D eigenvalue weighted by Gasteiger charge is 2.55. The third-order valence-electron chi connectivity index (χ3n) is 8.35. The molecular weight excluding hydrogens is 416 g/mol. The highest BCUT2D eigenvalue weighted by molar-refractivity contribution is 5.72. The first-order chi connectivity index (χ1) is 15.9. The Balaban J connectivity index is 1.47. The third kappa shape index (κ3) is 3.70. The second kappa shape index (κ2) is 8.49. The van der Waals surface area contributed by atoms with Crippen LogP contribution in [0.5, 0.6) is 11.5 Å². The van der Waals surface area contributed by atoms with Crippen molar-refractivity contribution in [2.24, 2.45) is 22.4 Å². The molecule has 5 atom stereocenters. The van der Waals surface area contributed by atoms with E-state index in [9.17, 15) is 10.0 Å². The fraction of sp³-hybridized carbons (Fsp3) is 0.481. The van der Waals surface area contributed by atoms with E-state index in [-0.39, 0.29) is 23.1 Å². The van der Waals surface area contributed by atoms with Crippen LogP contribution < -0.4 is 10.2 Å². The SMILES string of the molecule is COc1cc2c(cc1O)C(NOCc1ccc(C)cc1)=C[C@@H]1[C@@H]2CC[C@]2(C)C(N=O)CC[C@@H]12. The van der Waals surface area contributed by atoms with Crippen molar-refractivity contribution < 1.29 is 14.7 Å².